The summed E-state index contributed by atoms with van der Waals surface area (Å²) in [4.78, 5) is 19.7. The molecule has 3 heterocycles. The lowest BCUT2D eigenvalue weighted by Gasteiger charge is -2.24. The second kappa shape index (κ2) is 9.22. The van der Waals surface area contributed by atoms with Crippen LogP contribution >= 0.6 is 15.9 Å². The molecule has 0 amide bonds. The van der Waals surface area contributed by atoms with Crippen molar-refractivity contribution < 1.29 is 4.74 Å². The van der Waals surface area contributed by atoms with Crippen LogP contribution in [0.1, 0.15) is 5.56 Å². The molecule has 0 unspecified atom stereocenters. The molecule has 0 saturated carbocycles. The number of nitrogens with two attached hydrogens (primary N) is 1. The highest BCUT2D eigenvalue weighted by molar-refractivity contribution is 9.10. The van der Waals surface area contributed by atoms with Gasteiger partial charge in [-0.2, -0.15) is 4.98 Å². The maximum Gasteiger partial charge on any atom is 0.248 e. The number of benzene rings is 2. The van der Waals surface area contributed by atoms with E-state index in [2.05, 4.69) is 35.9 Å². The Kier molecular flexibility index (Phi) is 5.82. The van der Waals surface area contributed by atoms with E-state index in [0.717, 1.165) is 15.4 Å². The molecule has 7 nitrogen and oxygen atoms in total. The van der Waals surface area contributed by atoms with Crippen LogP contribution in [0.5, 0.6) is 11.6 Å². The van der Waals surface area contributed by atoms with Gasteiger partial charge in [0.15, 0.2) is 11.6 Å². The average Bonchev–Trinajstić information content (AvgIpc) is 2.87. The lowest BCUT2D eigenvalue weighted by atomic mass is 10.2. The molecule has 0 aliphatic carbocycles. The van der Waals surface area contributed by atoms with Crippen LogP contribution in [0.4, 0.5) is 17.3 Å². The largest absolute Gasteiger partial charge is 0.435 e. The van der Waals surface area contributed by atoms with Gasteiger partial charge in [0.2, 0.25) is 5.88 Å². The third-order valence-corrected chi connectivity index (χ3v) is 5.77. The molecule has 5 aromatic rings. The topological polar surface area (TPSA) is 90.0 Å². The van der Waals surface area contributed by atoms with Gasteiger partial charge < -0.3 is 15.4 Å². The highest BCUT2D eigenvalue weighted by atomic mass is 79.9. The van der Waals surface area contributed by atoms with E-state index in [1.165, 1.54) is 6.33 Å². The van der Waals surface area contributed by atoms with Gasteiger partial charge in [0.1, 0.15) is 23.3 Å². The van der Waals surface area contributed by atoms with Crippen molar-refractivity contribution in [1.29, 1.82) is 0 Å². The third-order valence-electron chi connectivity index (χ3n) is 5.08. The molecule has 0 aliphatic rings. The van der Waals surface area contributed by atoms with Crippen molar-refractivity contribution in [3.05, 3.63) is 102 Å². The van der Waals surface area contributed by atoms with Crippen LogP contribution in [0, 0.1) is 0 Å². The Labute approximate surface area is 199 Å². The number of anilines is 3. The van der Waals surface area contributed by atoms with E-state index in [1.807, 2.05) is 77.7 Å². The molecule has 2 N–H and O–H groups in total. The highest BCUT2D eigenvalue weighted by Gasteiger charge is 2.20. The first kappa shape index (κ1) is 20.8. The number of rotatable bonds is 6. The number of ether oxygens (including phenoxy) is 1. The Bertz CT molecular complexity index is 1400. The van der Waals surface area contributed by atoms with Crippen molar-refractivity contribution >= 4 is 44.2 Å². The minimum absolute atomic E-state index is 0.253. The van der Waals surface area contributed by atoms with E-state index in [0.29, 0.717) is 35.1 Å². The highest BCUT2D eigenvalue weighted by Crippen LogP contribution is 2.38. The van der Waals surface area contributed by atoms with Crippen LogP contribution in [0.2, 0.25) is 0 Å². The molecule has 0 aliphatic heterocycles. The van der Waals surface area contributed by atoms with E-state index < -0.39 is 0 Å². The summed E-state index contributed by atoms with van der Waals surface area (Å²) in [5, 5.41) is 0.932. The Morgan fingerprint density at radius 1 is 0.818 bits per heavy atom. The Hall–Kier alpha value is -4.04. The fourth-order valence-electron chi connectivity index (χ4n) is 3.51. The fraction of sp³-hybridized carbons (Fsp3) is 0.0400. The van der Waals surface area contributed by atoms with Gasteiger partial charge >= 0.3 is 0 Å². The summed E-state index contributed by atoms with van der Waals surface area (Å²) in [6.07, 6.45) is 4.90. The zero-order chi connectivity index (χ0) is 22.6. The number of hydrogen-bond acceptors (Lipinski definition) is 7. The zero-order valence-corrected chi connectivity index (χ0v) is 19.1. The summed E-state index contributed by atoms with van der Waals surface area (Å²) in [7, 11) is 0. The fourth-order valence-corrected chi connectivity index (χ4v) is 3.96. The summed E-state index contributed by atoms with van der Waals surface area (Å²) in [6.45, 7) is 0.529. The minimum Gasteiger partial charge on any atom is -0.435 e. The van der Waals surface area contributed by atoms with Gasteiger partial charge in [0.25, 0.3) is 0 Å². The van der Waals surface area contributed by atoms with Crippen molar-refractivity contribution in [2.24, 2.45) is 0 Å². The maximum absolute atomic E-state index is 6.55. The van der Waals surface area contributed by atoms with Crippen molar-refractivity contribution in [1.82, 2.24) is 19.9 Å². The molecule has 2 aromatic carbocycles. The number of hydrogen-bond donors (Lipinski definition) is 1. The lowest BCUT2D eigenvalue weighted by Crippen LogP contribution is -2.20. The molecule has 0 radical (unpaired) electrons. The van der Waals surface area contributed by atoms with E-state index >= 15 is 0 Å². The van der Waals surface area contributed by atoms with Crippen molar-refractivity contribution in [2.45, 2.75) is 6.54 Å². The first-order chi connectivity index (χ1) is 16.2. The Morgan fingerprint density at radius 3 is 2.45 bits per heavy atom. The molecule has 162 valence electrons. The summed E-state index contributed by atoms with van der Waals surface area (Å²) in [5.74, 6) is 2.03. The van der Waals surface area contributed by atoms with Crippen molar-refractivity contribution in [3.63, 3.8) is 0 Å². The first-order valence-corrected chi connectivity index (χ1v) is 11.0. The number of nitrogen functional groups attached to an aromatic ring is 1. The zero-order valence-electron chi connectivity index (χ0n) is 17.5. The van der Waals surface area contributed by atoms with Crippen LogP contribution in [-0.2, 0) is 6.54 Å². The van der Waals surface area contributed by atoms with Gasteiger partial charge in [0, 0.05) is 22.3 Å². The van der Waals surface area contributed by atoms with Crippen molar-refractivity contribution in [3.8, 4) is 11.6 Å². The third kappa shape index (κ3) is 4.33. The molecular weight excluding hydrogens is 480 g/mol. The van der Waals surface area contributed by atoms with E-state index in [9.17, 15) is 0 Å². The van der Waals surface area contributed by atoms with Gasteiger partial charge in [-0.05, 0) is 35.9 Å². The summed E-state index contributed by atoms with van der Waals surface area (Å²) in [5.41, 5.74) is 8.65. The predicted molar refractivity (Wildman–Crippen MR) is 132 cm³/mol. The molecule has 3 aromatic heterocycles. The number of fused-ring (bicyclic) bond motifs is 1. The first-order valence-electron chi connectivity index (χ1n) is 10.2. The smallest absolute Gasteiger partial charge is 0.248 e. The van der Waals surface area contributed by atoms with Crippen LogP contribution in [0.25, 0.3) is 10.9 Å². The maximum atomic E-state index is 6.55. The molecule has 0 fully saturated rings. The summed E-state index contributed by atoms with van der Waals surface area (Å²) in [6, 6.07) is 23.4. The van der Waals surface area contributed by atoms with E-state index in [4.69, 9.17) is 10.5 Å². The number of pyridine rings is 2. The minimum atomic E-state index is 0.253. The van der Waals surface area contributed by atoms with E-state index in [1.54, 1.807) is 12.4 Å². The standard InChI is InChI=1S/C25H19BrN6O/c26-19-11-12-20(23-18(19)9-6-14-29-23)33-25-22(27)24(30-16-31-25)32(21-10-4-5-13-28-21)15-17-7-2-1-3-8-17/h1-14,16H,15,27H2. The Balaban J connectivity index is 1.56. The van der Waals surface area contributed by atoms with Gasteiger partial charge in [-0.1, -0.05) is 58.4 Å². The molecule has 0 spiro atoms. The monoisotopic (exact) mass is 498 g/mol. The lowest BCUT2D eigenvalue weighted by molar-refractivity contribution is 0.468. The van der Waals surface area contributed by atoms with E-state index in [-0.39, 0.29) is 5.88 Å². The summed E-state index contributed by atoms with van der Waals surface area (Å²) >= 11 is 3.56. The SMILES string of the molecule is Nc1c(Oc2ccc(Br)c3cccnc23)ncnc1N(Cc1ccccc1)c1ccccn1. The Morgan fingerprint density at radius 2 is 1.64 bits per heavy atom. The van der Waals surface area contributed by atoms with Gasteiger partial charge in [-0.15, -0.1) is 0 Å². The molecule has 8 heteroatoms. The summed E-state index contributed by atoms with van der Waals surface area (Å²) < 4.78 is 7.08. The molecule has 0 bridgehead atoms. The average molecular weight is 499 g/mol. The van der Waals surface area contributed by atoms with Gasteiger partial charge in [-0.25, -0.2) is 9.97 Å². The quantitative estimate of drug-likeness (QED) is 0.311. The normalized spacial score (nSPS) is 10.8. The number of nitrogens with zero attached hydrogens (tertiary/aromatic N) is 5. The predicted octanol–water partition coefficient (Wildman–Crippen LogP) is 5.90. The van der Waals surface area contributed by atoms with Gasteiger partial charge in [0.05, 0.1) is 6.54 Å². The molecule has 0 atom stereocenters. The van der Waals surface area contributed by atoms with Gasteiger partial charge in [-0.3, -0.25) is 4.98 Å². The van der Waals surface area contributed by atoms with Crippen LogP contribution in [0.3, 0.4) is 0 Å². The molecule has 33 heavy (non-hydrogen) atoms. The molecular formula is C25H19BrN6O. The number of aromatic nitrogens is 4. The van der Waals surface area contributed by atoms with Crippen LogP contribution < -0.4 is 15.4 Å². The van der Waals surface area contributed by atoms with Crippen molar-refractivity contribution in [2.75, 3.05) is 10.6 Å². The number of halogens is 1. The van der Waals surface area contributed by atoms with Crippen LogP contribution in [-0.4, -0.2) is 19.9 Å². The second-order valence-corrected chi connectivity index (χ2v) is 8.08. The van der Waals surface area contributed by atoms with Crippen LogP contribution in [0.15, 0.2) is 96.0 Å². The molecule has 5 rings (SSSR count). The second-order valence-electron chi connectivity index (χ2n) is 7.22. The molecule has 0 saturated heterocycles.